The third-order valence-corrected chi connectivity index (χ3v) is 5.07. The van der Waals surface area contributed by atoms with E-state index in [9.17, 15) is 9.18 Å². The molecule has 150 valence electrons. The molecule has 2 aromatic carbocycles. The van der Waals surface area contributed by atoms with Crippen molar-refractivity contribution in [3.8, 4) is 5.75 Å². The normalized spacial score (nSPS) is 16.6. The van der Waals surface area contributed by atoms with Crippen LogP contribution in [0, 0.1) is 5.82 Å². The molecular weight excluding hydrogens is 371 g/mol. The maximum atomic E-state index is 13.4. The number of carbonyl (C=O) groups is 1. The number of oxazole rings is 1. The van der Waals surface area contributed by atoms with Gasteiger partial charge in [0, 0.05) is 19.5 Å². The van der Waals surface area contributed by atoms with Crippen LogP contribution in [0.1, 0.15) is 36.0 Å². The van der Waals surface area contributed by atoms with Gasteiger partial charge in [0.1, 0.15) is 17.3 Å². The Kier molecular flexibility index (Phi) is 5.89. The molecule has 3 aromatic rings. The number of nitrogens with zero attached hydrogens (tertiary/aromatic N) is 2. The Morgan fingerprint density at radius 3 is 2.90 bits per heavy atom. The van der Waals surface area contributed by atoms with Gasteiger partial charge in [-0.15, -0.1) is 0 Å². The van der Waals surface area contributed by atoms with Gasteiger partial charge in [0.05, 0.1) is 12.1 Å². The number of aromatic nitrogens is 1. The second-order valence-corrected chi connectivity index (χ2v) is 7.25. The summed E-state index contributed by atoms with van der Waals surface area (Å²) in [5, 5.41) is 0. The van der Waals surface area contributed by atoms with E-state index in [0.29, 0.717) is 36.9 Å². The van der Waals surface area contributed by atoms with Gasteiger partial charge in [-0.2, -0.15) is 0 Å². The van der Waals surface area contributed by atoms with Crippen molar-refractivity contribution in [1.29, 1.82) is 0 Å². The van der Waals surface area contributed by atoms with Crippen LogP contribution in [0.2, 0.25) is 0 Å². The molecule has 0 spiro atoms. The molecule has 4 rings (SSSR count). The molecule has 1 aromatic heterocycles. The zero-order valence-corrected chi connectivity index (χ0v) is 16.1. The van der Waals surface area contributed by atoms with E-state index in [4.69, 9.17) is 9.15 Å². The number of halogens is 1. The molecule has 0 aliphatic carbocycles. The molecule has 5 nitrogen and oxygen atoms in total. The van der Waals surface area contributed by atoms with Gasteiger partial charge in [-0.3, -0.25) is 4.79 Å². The molecule has 6 heteroatoms. The van der Waals surface area contributed by atoms with Crippen molar-refractivity contribution >= 4 is 5.91 Å². The summed E-state index contributed by atoms with van der Waals surface area (Å²) in [6, 6.07) is 15.8. The van der Waals surface area contributed by atoms with Gasteiger partial charge in [0.2, 0.25) is 0 Å². The van der Waals surface area contributed by atoms with Crippen LogP contribution in [-0.4, -0.2) is 35.5 Å². The third kappa shape index (κ3) is 5.02. The van der Waals surface area contributed by atoms with E-state index in [-0.39, 0.29) is 24.2 Å². The summed E-state index contributed by atoms with van der Waals surface area (Å²) in [4.78, 5) is 18.8. The Labute approximate surface area is 169 Å². The topological polar surface area (TPSA) is 55.6 Å². The summed E-state index contributed by atoms with van der Waals surface area (Å²) >= 11 is 0. The van der Waals surface area contributed by atoms with Gasteiger partial charge in [0.25, 0.3) is 5.91 Å². The Bertz CT molecular complexity index is 958. The molecule has 1 aliphatic rings. The van der Waals surface area contributed by atoms with Crippen LogP contribution in [0.4, 0.5) is 4.39 Å². The number of benzene rings is 2. The molecule has 1 aliphatic heterocycles. The maximum Gasteiger partial charge on any atom is 0.260 e. The molecule has 1 saturated heterocycles. The maximum absolute atomic E-state index is 13.4. The fourth-order valence-corrected chi connectivity index (χ4v) is 3.60. The van der Waals surface area contributed by atoms with E-state index < -0.39 is 0 Å². The van der Waals surface area contributed by atoms with Crippen molar-refractivity contribution in [3.05, 3.63) is 83.8 Å². The predicted molar refractivity (Wildman–Crippen MR) is 106 cm³/mol. The first-order valence-electron chi connectivity index (χ1n) is 9.82. The zero-order valence-electron chi connectivity index (χ0n) is 16.1. The van der Waals surface area contributed by atoms with Crippen molar-refractivity contribution in [2.45, 2.75) is 25.2 Å². The highest BCUT2D eigenvalue weighted by Gasteiger charge is 2.28. The van der Waals surface area contributed by atoms with Gasteiger partial charge in [-0.25, -0.2) is 9.37 Å². The molecule has 1 amide bonds. The Hall–Kier alpha value is -3.15. The lowest BCUT2D eigenvalue weighted by Gasteiger charge is -2.31. The quantitative estimate of drug-likeness (QED) is 0.629. The van der Waals surface area contributed by atoms with E-state index in [1.807, 2.05) is 41.3 Å². The number of amides is 1. The monoisotopic (exact) mass is 394 g/mol. The Balaban J connectivity index is 1.34. The molecule has 0 radical (unpaired) electrons. The van der Waals surface area contributed by atoms with E-state index >= 15 is 0 Å². The molecule has 2 heterocycles. The number of para-hydroxylation sites is 1. The van der Waals surface area contributed by atoms with Crippen LogP contribution in [0.15, 0.2) is 65.2 Å². The molecule has 0 unspecified atom stereocenters. The minimum Gasteiger partial charge on any atom is -0.484 e. The van der Waals surface area contributed by atoms with Gasteiger partial charge < -0.3 is 14.1 Å². The van der Waals surface area contributed by atoms with E-state index in [1.54, 1.807) is 12.3 Å². The molecular formula is C23H23FN2O3. The number of carbonyl (C=O) groups excluding carboxylic acids is 1. The first kappa shape index (κ1) is 19.2. The SMILES string of the molecule is O=C(COc1ccccc1)N1CCC[C@H](c2ncc(Cc3cccc(F)c3)o2)C1. The van der Waals surface area contributed by atoms with Crippen molar-refractivity contribution in [3.63, 3.8) is 0 Å². The van der Waals surface area contributed by atoms with Crippen molar-refractivity contribution in [1.82, 2.24) is 9.88 Å². The van der Waals surface area contributed by atoms with Gasteiger partial charge in [0.15, 0.2) is 12.5 Å². The number of likely N-dealkylation sites (tertiary alicyclic amines) is 1. The van der Waals surface area contributed by atoms with E-state index in [2.05, 4.69) is 4.98 Å². The minimum absolute atomic E-state index is 0.0210. The van der Waals surface area contributed by atoms with Crippen LogP contribution in [0.5, 0.6) is 5.75 Å². The number of ether oxygens (including phenoxy) is 1. The molecule has 1 atom stereocenters. The fraction of sp³-hybridized carbons (Fsp3) is 0.304. The standard InChI is InChI=1S/C23H23FN2O3/c24-19-8-4-6-17(12-19)13-21-14-25-23(29-21)18-7-5-11-26(15-18)22(27)16-28-20-9-2-1-3-10-20/h1-4,6,8-10,12,14,18H,5,7,11,13,15-16H2/t18-/m0/s1. The van der Waals surface area contributed by atoms with Gasteiger partial charge in [-0.05, 0) is 42.7 Å². The smallest absolute Gasteiger partial charge is 0.260 e. The fourth-order valence-electron chi connectivity index (χ4n) is 3.60. The van der Waals surface area contributed by atoms with Gasteiger partial charge >= 0.3 is 0 Å². The van der Waals surface area contributed by atoms with Crippen LogP contribution < -0.4 is 4.74 Å². The third-order valence-electron chi connectivity index (χ3n) is 5.07. The predicted octanol–water partition coefficient (Wildman–Crippen LogP) is 4.19. The van der Waals surface area contributed by atoms with Crippen LogP contribution in [0.3, 0.4) is 0 Å². The highest BCUT2D eigenvalue weighted by Crippen LogP contribution is 2.27. The zero-order chi connectivity index (χ0) is 20.1. The van der Waals surface area contributed by atoms with E-state index in [0.717, 1.165) is 18.4 Å². The lowest BCUT2D eigenvalue weighted by molar-refractivity contribution is -0.134. The van der Waals surface area contributed by atoms with Gasteiger partial charge in [-0.1, -0.05) is 30.3 Å². The number of hydrogen-bond donors (Lipinski definition) is 0. The molecule has 0 saturated carbocycles. The summed E-state index contributed by atoms with van der Waals surface area (Å²) in [6.45, 7) is 1.30. The van der Waals surface area contributed by atoms with Crippen molar-refractivity contribution in [2.75, 3.05) is 19.7 Å². The van der Waals surface area contributed by atoms with Crippen LogP contribution in [0.25, 0.3) is 0 Å². The first-order valence-corrected chi connectivity index (χ1v) is 9.82. The highest BCUT2D eigenvalue weighted by atomic mass is 19.1. The molecule has 0 N–H and O–H groups in total. The highest BCUT2D eigenvalue weighted by molar-refractivity contribution is 5.78. The largest absolute Gasteiger partial charge is 0.484 e. The number of piperidine rings is 1. The van der Waals surface area contributed by atoms with Crippen molar-refractivity contribution in [2.24, 2.45) is 0 Å². The average Bonchev–Trinajstić information content (AvgIpc) is 3.21. The summed E-state index contributed by atoms with van der Waals surface area (Å²) < 4.78 is 24.9. The lowest BCUT2D eigenvalue weighted by Crippen LogP contribution is -2.41. The van der Waals surface area contributed by atoms with E-state index in [1.165, 1.54) is 12.1 Å². The summed E-state index contributed by atoms with van der Waals surface area (Å²) in [5.41, 5.74) is 0.839. The number of rotatable bonds is 6. The van der Waals surface area contributed by atoms with Crippen LogP contribution >= 0.6 is 0 Å². The Morgan fingerprint density at radius 2 is 2.07 bits per heavy atom. The van der Waals surface area contributed by atoms with Crippen molar-refractivity contribution < 1.29 is 18.3 Å². The molecule has 1 fully saturated rings. The summed E-state index contributed by atoms with van der Waals surface area (Å²) in [7, 11) is 0. The molecule has 29 heavy (non-hydrogen) atoms. The average molecular weight is 394 g/mol. The summed E-state index contributed by atoms with van der Waals surface area (Å²) in [6.07, 6.45) is 4.00. The minimum atomic E-state index is -0.263. The molecule has 0 bridgehead atoms. The second-order valence-electron chi connectivity index (χ2n) is 7.25. The Morgan fingerprint density at radius 1 is 1.21 bits per heavy atom. The van der Waals surface area contributed by atoms with Crippen LogP contribution in [-0.2, 0) is 11.2 Å². The second kappa shape index (κ2) is 8.90. The summed E-state index contributed by atoms with van der Waals surface area (Å²) in [5.74, 6) is 1.78. The lowest BCUT2D eigenvalue weighted by atomic mass is 9.98. The number of hydrogen-bond acceptors (Lipinski definition) is 4. The first-order chi connectivity index (χ1) is 14.2.